The summed E-state index contributed by atoms with van der Waals surface area (Å²) < 4.78 is 12.3. The van der Waals surface area contributed by atoms with Crippen LogP contribution in [0, 0.1) is 6.92 Å². The predicted octanol–water partition coefficient (Wildman–Crippen LogP) is 6.00. The van der Waals surface area contributed by atoms with Gasteiger partial charge in [-0.2, -0.15) is 0 Å². The van der Waals surface area contributed by atoms with Crippen molar-refractivity contribution in [2.75, 3.05) is 12.4 Å². The fourth-order valence-corrected chi connectivity index (χ4v) is 3.16. The topological polar surface area (TPSA) is 47.6 Å². The second-order valence-corrected chi connectivity index (χ2v) is 7.37. The van der Waals surface area contributed by atoms with Crippen LogP contribution in [0.5, 0.6) is 11.5 Å². The van der Waals surface area contributed by atoms with Gasteiger partial charge in [0, 0.05) is 16.2 Å². The van der Waals surface area contributed by atoms with E-state index in [0.717, 1.165) is 21.3 Å². The monoisotopic (exact) mass is 451 g/mol. The smallest absolute Gasteiger partial charge is 0.248 e. The third-order valence-corrected chi connectivity index (χ3v) is 4.84. The number of methoxy groups -OCH3 is 1. The van der Waals surface area contributed by atoms with E-state index in [4.69, 9.17) is 9.47 Å². The molecule has 0 bridgehead atoms. The molecule has 0 saturated carbocycles. The van der Waals surface area contributed by atoms with Crippen LogP contribution in [0.1, 0.15) is 16.7 Å². The molecule has 3 rings (SSSR count). The number of rotatable bonds is 7. The number of hydrogen-bond acceptors (Lipinski definition) is 3. The molecule has 0 saturated heterocycles. The van der Waals surface area contributed by atoms with Crippen LogP contribution in [0.4, 0.5) is 5.69 Å². The molecule has 0 atom stereocenters. The van der Waals surface area contributed by atoms with Gasteiger partial charge in [0.15, 0.2) is 11.5 Å². The minimum atomic E-state index is -0.207. The van der Waals surface area contributed by atoms with E-state index in [1.54, 1.807) is 13.2 Å². The Bertz CT molecular complexity index is 1030. The van der Waals surface area contributed by atoms with Gasteiger partial charge >= 0.3 is 0 Å². The molecule has 0 radical (unpaired) electrons. The Morgan fingerprint density at radius 3 is 2.62 bits per heavy atom. The number of ether oxygens (including phenoxy) is 2. The summed E-state index contributed by atoms with van der Waals surface area (Å²) in [7, 11) is 1.60. The molecule has 3 aromatic carbocycles. The molecule has 0 heterocycles. The number of carbonyl (C=O) groups is 1. The van der Waals surface area contributed by atoms with Gasteiger partial charge in [-0.3, -0.25) is 4.79 Å². The van der Waals surface area contributed by atoms with Crippen molar-refractivity contribution in [2.24, 2.45) is 0 Å². The molecule has 0 aliphatic rings. The molecule has 3 aromatic rings. The summed E-state index contributed by atoms with van der Waals surface area (Å²) in [5.41, 5.74) is 3.88. The summed E-state index contributed by atoms with van der Waals surface area (Å²) in [6.07, 6.45) is 3.23. The lowest BCUT2D eigenvalue weighted by atomic mass is 10.1. The van der Waals surface area contributed by atoms with E-state index in [2.05, 4.69) is 34.2 Å². The molecule has 0 unspecified atom stereocenters. The molecule has 0 aliphatic carbocycles. The number of amides is 1. The number of hydrogen-bond donors (Lipinski definition) is 1. The zero-order valence-corrected chi connectivity index (χ0v) is 17.9. The minimum absolute atomic E-state index is 0.207. The minimum Gasteiger partial charge on any atom is -0.493 e. The first-order valence-electron chi connectivity index (χ1n) is 9.15. The Hall–Kier alpha value is -3.05. The average Bonchev–Trinajstić information content (AvgIpc) is 2.72. The Kier molecular flexibility index (Phi) is 7.09. The molecule has 29 heavy (non-hydrogen) atoms. The Balaban J connectivity index is 1.65. The summed E-state index contributed by atoms with van der Waals surface area (Å²) in [4.78, 5) is 12.1. The van der Waals surface area contributed by atoms with Crippen molar-refractivity contribution in [3.8, 4) is 11.5 Å². The van der Waals surface area contributed by atoms with E-state index in [0.29, 0.717) is 18.1 Å². The van der Waals surface area contributed by atoms with Crippen LogP contribution in [0.15, 0.2) is 77.3 Å². The summed E-state index contributed by atoms with van der Waals surface area (Å²) in [6, 6.07) is 21.1. The molecule has 0 aliphatic heterocycles. The maximum Gasteiger partial charge on any atom is 0.248 e. The molecule has 1 N–H and O–H groups in total. The van der Waals surface area contributed by atoms with Gasteiger partial charge in [0.1, 0.15) is 6.61 Å². The highest BCUT2D eigenvalue weighted by Crippen LogP contribution is 2.29. The van der Waals surface area contributed by atoms with Crippen molar-refractivity contribution in [1.82, 2.24) is 0 Å². The fraction of sp³-hybridized carbons (Fsp3) is 0.125. The second-order valence-electron chi connectivity index (χ2n) is 6.46. The SMILES string of the molecule is COc1cc(C=CC(=O)Nc2cccc(Br)c2)ccc1OCc1ccccc1C. The number of carbonyl (C=O) groups excluding carboxylic acids is 1. The molecule has 1 amide bonds. The Labute approximate surface area is 179 Å². The van der Waals surface area contributed by atoms with E-state index >= 15 is 0 Å². The highest BCUT2D eigenvalue weighted by atomic mass is 79.9. The van der Waals surface area contributed by atoms with Gasteiger partial charge in [0.2, 0.25) is 5.91 Å². The normalized spacial score (nSPS) is 10.7. The number of halogens is 1. The van der Waals surface area contributed by atoms with Gasteiger partial charge in [-0.25, -0.2) is 0 Å². The highest BCUT2D eigenvalue weighted by molar-refractivity contribution is 9.10. The fourth-order valence-electron chi connectivity index (χ4n) is 2.76. The Morgan fingerprint density at radius 1 is 1.03 bits per heavy atom. The van der Waals surface area contributed by atoms with Crippen LogP contribution in [-0.4, -0.2) is 13.0 Å². The maximum absolute atomic E-state index is 12.1. The quantitative estimate of drug-likeness (QED) is 0.448. The first kappa shape index (κ1) is 20.7. The molecule has 148 valence electrons. The van der Waals surface area contributed by atoms with Crippen LogP contribution in [0.2, 0.25) is 0 Å². The van der Waals surface area contributed by atoms with E-state index in [1.165, 1.54) is 11.6 Å². The van der Waals surface area contributed by atoms with Crippen LogP contribution < -0.4 is 14.8 Å². The van der Waals surface area contributed by atoms with Crippen molar-refractivity contribution in [1.29, 1.82) is 0 Å². The molecule has 0 spiro atoms. The first-order chi connectivity index (χ1) is 14.0. The van der Waals surface area contributed by atoms with Crippen LogP contribution in [0.3, 0.4) is 0 Å². The molecular weight excluding hydrogens is 430 g/mol. The third kappa shape index (κ3) is 5.96. The predicted molar refractivity (Wildman–Crippen MR) is 120 cm³/mol. The zero-order chi connectivity index (χ0) is 20.6. The summed E-state index contributed by atoms with van der Waals surface area (Å²) in [6.45, 7) is 2.52. The molecular formula is C24H22BrNO3. The highest BCUT2D eigenvalue weighted by Gasteiger charge is 2.07. The average molecular weight is 452 g/mol. The number of aryl methyl sites for hydroxylation is 1. The van der Waals surface area contributed by atoms with Crippen molar-refractivity contribution in [2.45, 2.75) is 13.5 Å². The summed E-state index contributed by atoms with van der Waals surface area (Å²) in [5.74, 6) is 1.07. The molecule has 4 nitrogen and oxygen atoms in total. The lowest BCUT2D eigenvalue weighted by Gasteiger charge is -2.12. The van der Waals surface area contributed by atoms with E-state index in [-0.39, 0.29) is 5.91 Å². The van der Waals surface area contributed by atoms with E-state index < -0.39 is 0 Å². The summed E-state index contributed by atoms with van der Waals surface area (Å²) >= 11 is 3.39. The largest absolute Gasteiger partial charge is 0.493 e. The zero-order valence-electron chi connectivity index (χ0n) is 16.3. The van der Waals surface area contributed by atoms with Gasteiger partial charge < -0.3 is 14.8 Å². The number of benzene rings is 3. The van der Waals surface area contributed by atoms with Gasteiger partial charge in [0.05, 0.1) is 7.11 Å². The lowest BCUT2D eigenvalue weighted by Crippen LogP contribution is -2.07. The van der Waals surface area contributed by atoms with E-state index in [1.807, 2.05) is 60.7 Å². The molecule has 0 fully saturated rings. The van der Waals surface area contributed by atoms with Crippen molar-refractivity contribution in [3.63, 3.8) is 0 Å². The van der Waals surface area contributed by atoms with Crippen LogP contribution in [0.25, 0.3) is 6.08 Å². The molecule has 0 aromatic heterocycles. The van der Waals surface area contributed by atoms with Crippen molar-refractivity contribution in [3.05, 3.63) is 94.0 Å². The van der Waals surface area contributed by atoms with Gasteiger partial charge in [-0.15, -0.1) is 0 Å². The summed E-state index contributed by atoms with van der Waals surface area (Å²) in [5, 5.41) is 2.83. The Morgan fingerprint density at radius 2 is 1.86 bits per heavy atom. The standard InChI is InChI=1S/C24H22BrNO3/c1-17-6-3-4-7-19(17)16-29-22-12-10-18(14-23(22)28-2)11-13-24(27)26-21-9-5-8-20(25)15-21/h3-15H,16H2,1-2H3,(H,26,27). The number of anilines is 1. The van der Waals surface area contributed by atoms with Gasteiger partial charge in [0.25, 0.3) is 0 Å². The van der Waals surface area contributed by atoms with Crippen molar-refractivity contribution >= 4 is 33.6 Å². The van der Waals surface area contributed by atoms with E-state index in [9.17, 15) is 4.79 Å². The van der Waals surface area contributed by atoms with Gasteiger partial charge in [-0.1, -0.05) is 52.3 Å². The first-order valence-corrected chi connectivity index (χ1v) is 9.94. The second kappa shape index (κ2) is 9.94. The van der Waals surface area contributed by atoms with Crippen molar-refractivity contribution < 1.29 is 14.3 Å². The van der Waals surface area contributed by atoms with Crippen LogP contribution in [-0.2, 0) is 11.4 Å². The molecule has 5 heteroatoms. The number of nitrogens with one attached hydrogen (secondary N) is 1. The third-order valence-electron chi connectivity index (χ3n) is 4.35. The van der Waals surface area contributed by atoms with Crippen LogP contribution >= 0.6 is 15.9 Å². The maximum atomic E-state index is 12.1. The lowest BCUT2D eigenvalue weighted by molar-refractivity contribution is -0.111. The van der Waals surface area contributed by atoms with Gasteiger partial charge in [-0.05, 0) is 60.0 Å².